The molecule has 0 saturated carbocycles. The van der Waals surface area contributed by atoms with Gasteiger partial charge >= 0.3 is 5.97 Å². The largest absolute Gasteiger partial charge is 0.497 e. The fourth-order valence-electron chi connectivity index (χ4n) is 2.37. The van der Waals surface area contributed by atoms with Gasteiger partial charge in [-0.1, -0.05) is 0 Å². The van der Waals surface area contributed by atoms with Gasteiger partial charge in [-0.2, -0.15) is 0 Å². The van der Waals surface area contributed by atoms with Crippen LogP contribution >= 0.6 is 0 Å². The summed E-state index contributed by atoms with van der Waals surface area (Å²) in [6.07, 6.45) is -0.369. The van der Waals surface area contributed by atoms with E-state index >= 15 is 0 Å². The predicted octanol–water partition coefficient (Wildman–Crippen LogP) is 0.688. The van der Waals surface area contributed by atoms with Crippen molar-refractivity contribution in [1.29, 1.82) is 0 Å². The number of nitrogens with one attached hydrogen (secondary N) is 2. The standard InChI is InChI=1S/C15H15N5O4/c1-7-9-4-3-8(24-2)5-10(9)17-14(16-7)20-15-18-11(6-12(21)22)13(23)19-15/h3-5,11H,6H2,1-2H3,(H,21,22)(H2,16,17,18,19,20,23)/t11-/m1/s1. The van der Waals surface area contributed by atoms with Gasteiger partial charge in [0.05, 0.1) is 24.7 Å². The SMILES string of the molecule is COc1ccc2c(C)nc(NC3=N[C@H](CC(=O)O)C(=O)N3)nc2c1. The van der Waals surface area contributed by atoms with Crippen LogP contribution in [0.5, 0.6) is 5.75 Å². The lowest BCUT2D eigenvalue weighted by atomic mass is 10.2. The number of aliphatic carboxylic acids is 1. The van der Waals surface area contributed by atoms with Crippen molar-refractivity contribution in [2.75, 3.05) is 12.4 Å². The molecule has 1 aromatic carbocycles. The molecule has 0 fully saturated rings. The van der Waals surface area contributed by atoms with Crippen molar-refractivity contribution in [3.8, 4) is 5.75 Å². The summed E-state index contributed by atoms with van der Waals surface area (Å²) >= 11 is 0. The molecule has 0 saturated heterocycles. The molecule has 3 rings (SSSR count). The van der Waals surface area contributed by atoms with Crippen LogP contribution in [-0.4, -0.2) is 46.1 Å². The van der Waals surface area contributed by atoms with Gasteiger partial charge < -0.3 is 9.84 Å². The Morgan fingerprint density at radius 1 is 1.42 bits per heavy atom. The summed E-state index contributed by atoms with van der Waals surface area (Å²) < 4.78 is 5.18. The number of guanidine groups is 1. The first-order chi connectivity index (χ1) is 11.5. The molecule has 1 aliphatic rings. The summed E-state index contributed by atoms with van der Waals surface area (Å²) in [4.78, 5) is 35.1. The summed E-state index contributed by atoms with van der Waals surface area (Å²) in [5.74, 6) is -0.514. The second-order valence-electron chi connectivity index (χ2n) is 5.22. The molecular formula is C15H15N5O4. The maximum Gasteiger partial charge on any atom is 0.306 e. The summed E-state index contributed by atoms with van der Waals surface area (Å²) in [6, 6.07) is 4.51. The lowest BCUT2D eigenvalue weighted by Gasteiger charge is -2.08. The topological polar surface area (TPSA) is 126 Å². The van der Waals surface area contributed by atoms with Gasteiger partial charge in [0.2, 0.25) is 11.9 Å². The van der Waals surface area contributed by atoms with Crippen molar-refractivity contribution in [3.63, 3.8) is 0 Å². The number of hydrogen-bond acceptors (Lipinski definition) is 7. The molecule has 0 spiro atoms. The molecule has 124 valence electrons. The van der Waals surface area contributed by atoms with Crippen LogP contribution < -0.4 is 15.4 Å². The molecule has 1 aliphatic heterocycles. The molecule has 0 radical (unpaired) electrons. The summed E-state index contributed by atoms with van der Waals surface area (Å²) in [6.45, 7) is 1.84. The van der Waals surface area contributed by atoms with Crippen molar-refractivity contribution < 1.29 is 19.4 Å². The van der Waals surface area contributed by atoms with E-state index in [1.165, 1.54) is 0 Å². The van der Waals surface area contributed by atoms with Gasteiger partial charge in [0.1, 0.15) is 11.8 Å². The highest BCUT2D eigenvalue weighted by molar-refractivity contribution is 6.10. The zero-order valence-electron chi connectivity index (χ0n) is 13.0. The maximum atomic E-state index is 11.7. The summed E-state index contributed by atoms with van der Waals surface area (Å²) in [5.41, 5.74) is 1.42. The fraction of sp³-hybridized carbons (Fsp3) is 0.267. The molecular weight excluding hydrogens is 314 g/mol. The highest BCUT2D eigenvalue weighted by atomic mass is 16.5. The zero-order valence-corrected chi connectivity index (χ0v) is 13.0. The number of anilines is 1. The Labute approximate surface area is 136 Å². The van der Waals surface area contributed by atoms with Crippen LogP contribution in [0.3, 0.4) is 0 Å². The number of carboxylic acid groups (broad SMARTS) is 1. The number of carbonyl (C=O) groups is 2. The van der Waals surface area contributed by atoms with Crippen LogP contribution in [-0.2, 0) is 9.59 Å². The third kappa shape index (κ3) is 3.09. The Hall–Kier alpha value is -3.23. The van der Waals surface area contributed by atoms with Crippen LogP contribution in [0.4, 0.5) is 5.95 Å². The Kier molecular flexibility index (Phi) is 3.98. The molecule has 0 aliphatic carbocycles. The Morgan fingerprint density at radius 3 is 2.92 bits per heavy atom. The van der Waals surface area contributed by atoms with E-state index in [4.69, 9.17) is 9.84 Å². The normalized spacial score (nSPS) is 16.7. The molecule has 9 nitrogen and oxygen atoms in total. The smallest absolute Gasteiger partial charge is 0.306 e. The van der Waals surface area contributed by atoms with E-state index in [1.54, 1.807) is 13.2 Å². The monoisotopic (exact) mass is 329 g/mol. The Morgan fingerprint density at radius 2 is 2.21 bits per heavy atom. The molecule has 1 amide bonds. The first-order valence-corrected chi connectivity index (χ1v) is 7.16. The average molecular weight is 329 g/mol. The van der Waals surface area contributed by atoms with Crippen LogP contribution in [0.1, 0.15) is 12.1 Å². The van der Waals surface area contributed by atoms with Crippen LogP contribution in [0, 0.1) is 6.92 Å². The highest BCUT2D eigenvalue weighted by Crippen LogP contribution is 2.22. The van der Waals surface area contributed by atoms with E-state index < -0.39 is 17.9 Å². The molecule has 1 aromatic heterocycles. The molecule has 9 heteroatoms. The van der Waals surface area contributed by atoms with Gasteiger partial charge in [-0.05, 0) is 19.1 Å². The number of carbonyl (C=O) groups excluding carboxylic acids is 1. The zero-order chi connectivity index (χ0) is 17.3. The number of hydrogen-bond donors (Lipinski definition) is 3. The number of rotatable bonds is 4. The van der Waals surface area contributed by atoms with Gasteiger partial charge in [0.25, 0.3) is 5.91 Å². The van der Waals surface area contributed by atoms with E-state index in [9.17, 15) is 9.59 Å². The van der Waals surface area contributed by atoms with E-state index in [0.717, 1.165) is 11.1 Å². The lowest BCUT2D eigenvalue weighted by molar-refractivity contribution is -0.139. The molecule has 2 heterocycles. The number of ether oxygens (including phenoxy) is 1. The van der Waals surface area contributed by atoms with Crippen LogP contribution in [0.15, 0.2) is 23.2 Å². The number of aliphatic imine (C=N–C) groups is 1. The molecule has 2 aromatic rings. The minimum absolute atomic E-state index is 0.132. The third-order valence-electron chi connectivity index (χ3n) is 3.52. The number of aromatic nitrogens is 2. The number of nitrogens with zero attached hydrogens (tertiary/aromatic N) is 3. The minimum Gasteiger partial charge on any atom is -0.497 e. The lowest BCUT2D eigenvalue weighted by Crippen LogP contribution is -2.33. The number of aryl methyl sites for hydroxylation is 1. The van der Waals surface area contributed by atoms with Gasteiger partial charge in [0, 0.05) is 11.5 Å². The Bertz CT molecular complexity index is 864. The number of fused-ring (bicyclic) bond motifs is 1. The number of benzene rings is 1. The third-order valence-corrected chi connectivity index (χ3v) is 3.52. The average Bonchev–Trinajstić information content (AvgIpc) is 2.85. The van der Waals surface area contributed by atoms with Gasteiger partial charge in [-0.15, -0.1) is 0 Å². The van der Waals surface area contributed by atoms with E-state index in [0.29, 0.717) is 11.3 Å². The van der Waals surface area contributed by atoms with E-state index in [2.05, 4.69) is 25.6 Å². The molecule has 0 bridgehead atoms. The van der Waals surface area contributed by atoms with Gasteiger partial charge in [-0.3, -0.25) is 20.2 Å². The maximum absolute atomic E-state index is 11.7. The van der Waals surface area contributed by atoms with Crippen molar-refractivity contribution in [3.05, 3.63) is 23.9 Å². The van der Waals surface area contributed by atoms with Crippen molar-refractivity contribution in [2.45, 2.75) is 19.4 Å². The van der Waals surface area contributed by atoms with Crippen LogP contribution in [0.2, 0.25) is 0 Å². The Balaban J connectivity index is 1.87. The molecule has 0 unspecified atom stereocenters. The molecule has 1 atom stereocenters. The first kappa shape index (κ1) is 15.7. The summed E-state index contributed by atoms with van der Waals surface area (Å²) in [7, 11) is 1.57. The van der Waals surface area contributed by atoms with Gasteiger partial charge in [-0.25, -0.2) is 15.0 Å². The summed E-state index contributed by atoms with van der Waals surface area (Å²) in [5, 5.41) is 14.9. The van der Waals surface area contributed by atoms with Crippen LogP contribution in [0.25, 0.3) is 10.9 Å². The second kappa shape index (κ2) is 6.11. The van der Waals surface area contributed by atoms with E-state index in [-0.39, 0.29) is 18.3 Å². The van der Waals surface area contributed by atoms with Crippen molar-refractivity contribution in [2.24, 2.45) is 4.99 Å². The highest BCUT2D eigenvalue weighted by Gasteiger charge is 2.28. The number of carboxylic acids is 1. The first-order valence-electron chi connectivity index (χ1n) is 7.16. The number of amides is 1. The minimum atomic E-state index is -1.09. The van der Waals surface area contributed by atoms with Crippen molar-refractivity contribution >= 4 is 34.7 Å². The van der Waals surface area contributed by atoms with E-state index in [1.807, 2.05) is 19.1 Å². The van der Waals surface area contributed by atoms with Crippen molar-refractivity contribution in [1.82, 2.24) is 15.3 Å². The quantitative estimate of drug-likeness (QED) is 0.753. The van der Waals surface area contributed by atoms with Gasteiger partial charge in [0.15, 0.2) is 0 Å². The predicted molar refractivity (Wildman–Crippen MR) is 86.1 cm³/mol. The molecule has 24 heavy (non-hydrogen) atoms. The second-order valence-corrected chi connectivity index (χ2v) is 5.22. The fourth-order valence-corrected chi connectivity index (χ4v) is 2.37. The number of methoxy groups -OCH3 is 1. The molecule has 3 N–H and O–H groups in total.